The highest BCUT2D eigenvalue weighted by Gasteiger charge is 2.32. The lowest BCUT2D eigenvalue weighted by atomic mass is 10.2. The Morgan fingerprint density at radius 3 is 2.93 bits per heavy atom. The van der Waals surface area contributed by atoms with Crippen LogP contribution in [-0.4, -0.2) is 51.3 Å². The van der Waals surface area contributed by atoms with E-state index >= 15 is 0 Å². The van der Waals surface area contributed by atoms with E-state index in [1.807, 2.05) is 13.0 Å². The SMILES string of the molecule is CCCNc1nc2ccccn2c(=O)c1/C=C1/SC(=S)N(CCOC)C1=O. The summed E-state index contributed by atoms with van der Waals surface area (Å²) < 4.78 is 6.95. The topological polar surface area (TPSA) is 75.9 Å². The molecule has 1 aliphatic rings. The van der Waals surface area contributed by atoms with Crippen molar-refractivity contribution in [1.29, 1.82) is 0 Å². The highest BCUT2D eigenvalue weighted by atomic mass is 32.2. The average Bonchev–Trinajstić information content (AvgIpc) is 2.94. The molecule has 7 nitrogen and oxygen atoms in total. The van der Waals surface area contributed by atoms with Crippen LogP contribution in [-0.2, 0) is 9.53 Å². The number of thioether (sulfide) groups is 1. The van der Waals surface area contributed by atoms with Gasteiger partial charge in [-0.2, -0.15) is 0 Å². The smallest absolute Gasteiger partial charge is 0.267 e. The number of carbonyl (C=O) groups is 1. The van der Waals surface area contributed by atoms with Gasteiger partial charge in [-0.05, 0) is 24.6 Å². The quantitative estimate of drug-likeness (QED) is 0.561. The number of anilines is 1. The predicted octanol–water partition coefficient (Wildman–Crippen LogP) is 2.36. The number of hydrogen-bond donors (Lipinski definition) is 1. The Balaban J connectivity index is 2.06. The van der Waals surface area contributed by atoms with Crippen molar-refractivity contribution in [3.05, 3.63) is 45.2 Å². The average molecular weight is 405 g/mol. The molecule has 0 atom stereocenters. The van der Waals surface area contributed by atoms with Crippen molar-refractivity contribution in [1.82, 2.24) is 14.3 Å². The molecule has 1 N–H and O–H groups in total. The van der Waals surface area contributed by atoms with E-state index in [1.165, 1.54) is 21.1 Å². The van der Waals surface area contributed by atoms with E-state index < -0.39 is 0 Å². The van der Waals surface area contributed by atoms with Crippen molar-refractivity contribution in [2.24, 2.45) is 0 Å². The van der Waals surface area contributed by atoms with Gasteiger partial charge in [0.1, 0.15) is 15.8 Å². The molecule has 27 heavy (non-hydrogen) atoms. The molecule has 0 saturated carbocycles. The number of rotatable bonds is 7. The van der Waals surface area contributed by atoms with Crippen molar-refractivity contribution in [3.8, 4) is 0 Å². The van der Waals surface area contributed by atoms with Gasteiger partial charge in [-0.15, -0.1) is 0 Å². The first-order valence-electron chi connectivity index (χ1n) is 8.56. The summed E-state index contributed by atoms with van der Waals surface area (Å²) in [4.78, 5) is 32.1. The van der Waals surface area contributed by atoms with E-state index in [1.54, 1.807) is 31.5 Å². The minimum absolute atomic E-state index is 0.221. The maximum absolute atomic E-state index is 13.0. The molecule has 0 spiro atoms. The second kappa shape index (κ2) is 8.64. The van der Waals surface area contributed by atoms with Crippen LogP contribution in [0, 0.1) is 0 Å². The Morgan fingerprint density at radius 1 is 1.37 bits per heavy atom. The molecule has 1 fully saturated rings. The fourth-order valence-corrected chi connectivity index (χ4v) is 3.91. The Bertz CT molecular complexity index is 971. The van der Waals surface area contributed by atoms with Crippen LogP contribution >= 0.6 is 24.0 Å². The zero-order valence-electron chi connectivity index (χ0n) is 15.1. The summed E-state index contributed by atoms with van der Waals surface area (Å²) in [6.45, 7) is 3.48. The van der Waals surface area contributed by atoms with Crippen LogP contribution < -0.4 is 10.9 Å². The second-order valence-electron chi connectivity index (χ2n) is 5.86. The zero-order chi connectivity index (χ0) is 19.4. The maximum atomic E-state index is 13.0. The highest BCUT2D eigenvalue weighted by molar-refractivity contribution is 8.26. The van der Waals surface area contributed by atoms with E-state index in [-0.39, 0.29) is 11.5 Å². The van der Waals surface area contributed by atoms with E-state index in [2.05, 4.69) is 10.3 Å². The summed E-state index contributed by atoms with van der Waals surface area (Å²) >= 11 is 6.48. The number of nitrogens with one attached hydrogen (secondary N) is 1. The number of hydrogen-bond acceptors (Lipinski definition) is 7. The van der Waals surface area contributed by atoms with Gasteiger partial charge in [-0.25, -0.2) is 4.98 Å². The molecule has 0 aromatic carbocycles. The van der Waals surface area contributed by atoms with Crippen LogP contribution in [0.15, 0.2) is 34.1 Å². The molecule has 142 valence electrons. The number of thiocarbonyl (C=S) groups is 1. The van der Waals surface area contributed by atoms with Gasteiger partial charge >= 0.3 is 0 Å². The van der Waals surface area contributed by atoms with Crippen LogP contribution in [0.4, 0.5) is 5.82 Å². The molecule has 9 heteroatoms. The van der Waals surface area contributed by atoms with Crippen molar-refractivity contribution in [2.75, 3.05) is 32.1 Å². The minimum atomic E-state index is -0.235. The van der Waals surface area contributed by atoms with Crippen molar-refractivity contribution in [3.63, 3.8) is 0 Å². The molecular weight excluding hydrogens is 384 g/mol. The molecule has 1 saturated heterocycles. The minimum Gasteiger partial charge on any atom is -0.383 e. The van der Waals surface area contributed by atoms with E-state index in [9.17, 15) is 9.59 Å². The fraction of sp³-hybridized carbons (Fsp3) is 0.333. The van der Waals surface area contributed by atoms with Crippen LogP contribution in [0.25, 0.3) is 11.7 Å². The van der Waals surface area contributed by atoms with Gasteiger partial charge < -0.3 is 10.1 Å². The fourth-order valence-electron chi connectivity index (χ4n) is 2.62. The Morgan fingerprint density at radius 2 is 2.19 bits per heavy atom. The number of ether oxygens (including phenoxy) is 1. The monoisotopic (exact) mass is 404 g/mol. The normalized spacial score (nSPS) is 15.9. The number of aromatic nitrogens is 2. The highest BCUT2D eigenvalue weighted by Crippen LogP contribution is 2.32. The first-order valence-corrected chi connectivity index (χ1v) is 9.79. The molecule has 0 unspecified atom stereocenters. The second-order valence-corrected chi connectivity index (χ2v) is 7.54. The van der Waals surface area contributed by atoms with E-state index in [4.69, 9.17) is 17.0 Å². The zero-order valence-corrected chi connectivity index (χ0v) is 16.7. The third kappa shape index (κ3) is 4.05. The number of pyridine rings is 1. The van der Waals surface area contributed by atoms with Crippen LogP contribution in [0.3, 0.4) is 0 Å². The summed E-state index contributed by atoms with van der Waals surface area (Å²) in [5.41, 5.74) is 0.659. The largest absolute Gasteiger partial charge is 0.383 e. The van der Waals surface area contributed by atoms with E-state index in [0.717, 1.165) is 6.42 Å². The number of carbonyl (C=O) groups excluding carboxylic acids is 1. The van der Waals surface area contributed by atoms with Gasteiger partial charge in [0, 0.05) is 19.9 Å². The first-order chi connectivity index (χ1) is 13.1. The van der Waals surface area contributed by atoms with Gasteiger partial charge in [-0.3, -0.25) is 18.9 Å². The Labute approximate surface area is 166 Å². The molecular formula is C18H20N4O3S2. The molecule has 2 aromatic heterocycles. The molecule has 2 aromatic rings. The molecule has 0 aliphatic carbocycles. The van der Waals surface area contributed by atoms with Crippen molar-refractivity contribution >= 4 is 51.7 Å². The van der Waals surface area contributed by atoms with E-state index in [0.29, 0.717) is 46.0 Å². The molecule has 3 heterocycles. The number of methoxy groups -OCH3 is 1. The summed E-state index contributed by atoms with van der Waals surface area (Å²) in [5.74, 6) is 0.247. The Kier molecular flexibility index (Phi) is 6.25. The van der Waals surface area contributed by atoms with Gasteiger partial charge in [0.05, 0.1) is 23.6 Å². The van der Waals surface area contributed by atoms with Crippen LogP contribution in [0.5, 0.6) is 0 Å². The number of amides is 1. The predicted molar refractivity (Wildman–Crippen MR) is 112 cm³/mol. The lowest BCUT2D eigenvalue weighted by Gasteiger charge is -2.13. The third-order valence-electron chi connectivity index (χ3n) is 3.98. The third-order valence-corrected chi connectivity index (χ3v) is 5.36. The number of nitrogens with zero attached hydrogens (tertiary/aromatic N) is 3. The number of fused-ring (bicyclic) bond motifs is 1. The Hall–Kier alpha value is -2.23. The molecule has 0 radical (unpaired) electrons. The van der Waals surface area contributed by atoms with Crippen molar-refractivity contribution < 1.29 is 9.53 Å². The van der Waals surface area contributed by atoms with Crippen molar-refractivity contribution in [2.45, 2.75) is 13.3 Å². The standard InChI is InChI=1S/C18H20N4O3S2/c1-3-7-19-15-12(16(23)21-8-5-4-6-14(21)20-15)11-13-17(24)22(9-10-25-2)18(26)27-13/h4-6,8,11,19H,3,7,9-10H2,1-2H3/b13-11+. The lowest BCUT2D eigenvalue weighted by Crippen LogP contribution is -2.31. The van der Waals surface area contributed by atoms with Crippen LogP contribution in [0.2, 0.25) is 0 Å². The van der Waals surface area contributed by atoms with Gasteiger partial charge in [0.2, 0.25) is 0 Å². The summed E-state index contributed by atoms with van der Waals surface area (Å²) in [7, 11) is 1.57. The lowest BCUT2D eigenvalue weighted by molar-refractivity contribution is -0.122. The first kappa shape index (κ1) is 19.5. The molecule has 1 amide bonds. The summed E-state index contributed by atoms with van der Waals surface area (Å²) in [6, 6.07) is 5.36. The maximum Gasteiger partial charge on any atom is 0.267 e. The summed E-state index contributed by atoms with van der Waals surface area (Å²) in [5, 5.41) is 3.19. The van der Waals surface area contributed by atoms with Gasteiger partial charge in [0.15, 0.2) is 0 Å². The molecule has 0 bridgehead atoms. The van der Waals surface area contributed by atoms with Gasteiger partial charge in [-0.1, -0.05) is 37.0 Å². The summed E-state index contributed by atoms with van der Waals surface area (Å²) in [6.07, 6.45) is 4.13. The van der Waals surface area contributed by atoms with Gasteiger partial charge in [0.25, 0.3) is 11.5 Å². The van der Waals surface area contributed by atoms with Crippen LogP contribution in [0.1, 0.15) is 18.9 Å². The molecule has 1 aliphatic heterocycles. The molecule has 3 rings (SSSR count).